The zero-order chi connectivity index (χ0) is 17.2. The summed E-state index contributed by atoms with van der Waals surface area (Å²) in [6, 6.07) is 0.263. The van der Waals surface area contributed by atoms with Crippen molar-refractivity contribution >= 4 is 13.4 Å². The summed E-state index contributed by atoms with van der Waals surface area (Å²) in [5.41, 5.74) is -0.656. The highest BCUT2D eigenvalue weighted by atomic mass is 31.2. The smallest absolute Gasteiger partial charge is 0.313 e. The highest BCUT2D eigenvalue weighted by molar-refractivity contribution is 7.61. The molecule has 0 aromatic carbocycles. The van der Waals surface area contributed by atoms with Crippen LogP contribution in [-0.2, 0) is 14.1 Å². The molecule has 3 aliphatic rings. The Hall–Kier alpha value is -0.450. The monoisotopic (exact) mass is 346 g/mol. The Morgan fingerprint density at radius 3 is 2.09 bits per heavy atom. The molecule has 3 fully saturated rings. The predicted molar refractivity (Wildman–Crippen MR) is 87.0 cm³/mol. The van der Waals surface area contributed by atoms with Gasteiger partial charge in [0, 0.05) is 18.5 Å². The number of fused-ring (bicyclic) bond motifs is 1. The summed E-state index contributed by atoms with van der Waals surface area (Å²) in [6.45, 7) is 5.28. The van der Waals surface area contributed by atoms with E-state index < -0.39 is 30.3 Å². The lowest BCUT2D eigenvalue weighted by Gasteiger charge is -2.31. The molecule has 1 heterocycles. The van der Waals surface area contributed by atoms with Gasteiger partial charge in [-0.25, -0.2) is 13.7 Å². The van der Waals surface area contributed by atoms with Gasteiger partial charge in [-0.1, -0.05) is 12.8 Å². The third-order valence-electron chi connectivity index (χ3n) is 5.55. The minimum atomic E-state index is -3.41. The van der Waals surface area contributed by atoms with Crippen LogP contribution in [0.25, 0.3) is 0 Å². The molecule has 23 heavy (non-hydrogen) atoms. The highest BCUT2D eigenvalue weighted by Gasteiger charge is 2.77. The van der Waals surface area contributed by atoms with Crippen LogP contribution in [0.5, 0.6) is 0 Å². The van der Waals surface area contributed by atoms with Gasteiger partial charge in [0.1, 0.15) is 11.5 Å². The number of ether oxygens (including phenoxy) is 1. The molecule has 0 amide bonds. The summed E-state index contributed by atoms with van der Waals surface area (Å²) in [5, 5.41) is -1.96. The first-order valence-corrected chi connectivity index (χ1v) is 10.1. The molecule has 1 saturated heterocycles. The lowest BCUT2D eigenvalue weighted by molar-refractivity contribution is -0.157. The van der Waals surface area contributed by atoms with Gasteiger partial charge in [0.15, 0.2) is 0 Å². The fourth-order valence-corrected chi connectivity index (χ4v) is 8.07. The van der Waals surface area contributed by atoms with Crippen molar-refractivity contribution in [2.45, 2.75) is 76.0 Å². The second-order valence-electron chi connectivity index (χ2n) is 8.22. The van der Waals surface area contributed by atoms with Crippen LogP contribution in [0.2, 0.25) is 0 Å². The van der Waals surface area contributed by atoms with E-state index in [0.717, 1.165) is 25.7 Å². The van der Waals surface area contributed by atoms with Crippen molar-refractivity contribution in [1.29, 1.82) is 0 Å². The first-order valence-electron chi connectivity index (χ1n) is 8.51. The van der Waals surface area contributed by atoms with Gasteiger partial charge < -0.3 is 4.74 Å². The summed E-state index contributed by atoms with van der Waals surface area (Å²) in [7, 11) is 0.119. The Morgan fingerprint density at radius 1 is 1.17 bits per heavy atom. The van der Waals surface area contributed by atoms with Crippen molar-refractivity contribution in [3.63, 3.8) is 0 Å². The molecule has 2 aliphatic carbocycles. The Morgan fingerprint density at radius 2 is 1.65 bits per heavy atom. The summed E-state index contributed by atoms with van der Waals surface area (Å²) in [5.74, 6) is -1.47. The van der Waals surface area contributed by atoms with E-state index in [9.17, 15) is 9.36 Å². The summed E-state index contributed by atoms with van der Waals surface area (Å²) >= 11 is 0. The van der Waals surface area contributed by atoms with E-state index in [0.29, 0.717) is 0 Å². The second kappa shape index (κ2) is 5.27. The number of rotatable bonds is 2. The van der Waals surface area contributed by atoms with Gasteiger partial charge in [-0.2, -0.15) is 0 Å². The maximum absolute atomic E-state index is 15.6. The summed E-state index contributed by atoms with van der Waals surface area (Å²) in [6.07, 6.45) is 4.08. The molecule has 7 heteroatoms. The van der Waals surface area contributed by atoms with Gasteiger partial charge in [0.25, 0.3) is 7.44 Å². The van der Waals surface area contributed by atoms with Crippen LogP contribution < -0.4 is 0 Å². The SMILES string of the molecule is CN1[C@@H]2CCCC[C@H]2N(C)P1(=O)[C@]1(F)C[C@H]1C(=O)OC(C)(C)C. The third-order valence-corrected chi connectivity index (χ3v) is 9.32. The molecule has 0 aromatic heterocycles. The number of likely N-dealkylation sites (N-methyl/N-ethyl adjacent to an activating group) is 2. The number of esters is 1. The fourth-order valence-electron chi connectivity index (χ4n) is 4.30. The maximum atomic E-state index is 15.6. The standard InChI is InChI=1S/C16H28FN2O3P/c1-15(2,3)22-14(20)11-10-16(11,17)23(21)18(4)12-8-6-7-9-13(12)19(23)5/h11-13H,6-10H2,1-5H3/t11-,12+,13+,16+/m0/s1. The van der Waals surface area contributed by atoms with E-state index in [-0.39, 0.29) is 18.5 Å². The van der Waals surface area contributed by atoms with Gasteiger partial charge in [-0.3, -0.25) is 9.36 Å². The normalized spacial score (nSPS) is 40.7. The van der Waals surface area contributed by atoms with E-state index in [2.05, 4.69) is 0 Å². The van der Waals surface area contributed by atoms with Crippen molar-refractivity contribution in [1.82, 2.24) is 9.34 Å². The lowest BCUT2D eigenvalue weighted by Crippen LogP contribution is -2.37. The van der Waals surface area contributed by atoms with E-state index >= 15 is 4.39 Å². The van der Waals surface area contributed by atoms with Gasteiger partial charge >= 0.3 is 5.97 Å². The van der Waals surface area contributed by atoms with Crippen LogP contribution in [-0.4, -0.2) is 52.5 Å². The Kier molecular flexibility index (Phi) is 3.98. The number of hydrogen-bond acceptors (Lipinski definition) is 3. The first kappa shape index (κ1) is 17.4. The van der Waals surface area contributed by atoms with Crippen molar-refractivity contribution in [3.05, 3.63) is 0 Å². The molecule has 0 unspecified atom stereocenters. The quantitative estimate of drug-likeness (QED) is 0.567. The average molecular weight is 346 g/mol. The van der Waals surface area contributed by atoms with E-state index in [4.69, 9.17) is 4.74 Å². The molecular weight excluding hydrogens is 318 g/mol. The molecule has 2 saturated carbocycles. The van der Waals surface area contributed by atoms with Gasteiger partial charge in [0.2, 0.25) is 5.41 Å². The van der Waals surface area contributed by atoms with Gasteiger partial charge in [-0.15, -0.1) is 0 Å². The molecular formula is C16H28FN2O3P. The van der Waals surface area contributed by atoms with Gasteiger partial charge in [0.05, 0.1) is 0 Å². The van der Waals surface area contributed by atoms with Crippen molar-refractivity contribution in [3.8, 4) is 0 Å². The van der Waals surface area contributed by atoms with Crippen LogP contribution in [0, 0.1) is 5.92 Å². The molecule has 0 spiro atoms. The first-order chi connectivity index (χ1) is 10.5. The maximum Gasteiger partial charge on any atom is 0.313 e. The van der Waals surface area contributed by atoms with Crippen LogP contribution >= 0.6 is 7.44 Å². The molecule has 0 N–H and O–H groups in total. The molecule has 132 valence electrons. The van der Waals surface area contributed by atoms with Crippen molar-refractivity contribution in [2.75, 3.05) is 14.1 Å². The molecule has 1 aliphatic heterocycles. The zero-order valence-electron chi connectivity index (χ0n) is 14.7. The highest BCUT2D eigenvalue weighted by Crippen LogP contribution is 2.80. The average Bonchev–Trinajstić information content (AvgIpc) is 3.12. The van der Waals surface area contributed by atoms with Crippen LogP contribution in [0.3, 0.4) is 0 Å². The number of alkyl halides is 1. The van der Waals surface area contributed by atoms with E-state index in [1.54, 1.807) is 44.2 Å². The predicted octanol–water partition coefficient (Wildman–Crippen LogP) is 3.40. The molecule has 3 rings (SSSR count). The Bertz CT molecular complexity index is 542. The minimum absolute atomic E-state index is 0.00725. The topological polar surface area (TPSA) is 49.9 Å². The molecule has 5 nitrogen and oxygen atoms in total. The summed E-state index contributed by atoms with van der Waals surface area (Å²) in [4.78, 5) is 12.2. The zero-order valence-corrected chi connectivity index (χ0v) is 15.6. The number of hydrogen-bond donors (Lipinski definition) is 0. The second-order valence-corrected chi connectivity index (χ2v) is 11.3. The van der Waals surface area contributed by atoms with E-state index in [1.807, 2.05) is 0 Å². The van der Waals surface area contributed by atoms with Crippen LogP contribution in [0.1, 0.15) is 52.9 Å². The fraction of sp³-hybridized carbons (Fsp3) is 0.938. The Labute approximate surface area is 138 Å². The van der Waals surface area contributed by atoms with Crippen molar-refractivity contribution < 1.29 is 18.5 Å². The number of halogens is 1. The van der Waals surface area contributed by atoms with E-state index in [1.165, 1.54) is 0 Å². The number of carbonyl (C=O) groups is 1. The molecule has 0 radical (unpaired) electrons. The van der Waals surface area contributed by atoms with Crippen molar-refractivity contribution in [2.24, 2.45) is 5.92 Å². The molecule has 4 atom stereocenters. The Balaban J connectivity index is 1.83. The molecule has 0 bridgehead atoms. The number of carbonyl (C=O) groups excluding carboxylic acids is 1. The van der Waals surface area contributed by atoms with Crippen LogP contribution in [0.4, 0.5) is 4.39 Å². The largest absolute Gasteiger partial charge is 0.460 e. The van der Waals surface area contributed by atoms with Gasteiger partial charge in [-0.05, 0) is 47.7 Å². The third kappa shape index (κ3) is 2.49. The minimum Gasteiger partial charge on any atom is -0.460 e. The summed E-state index contributed by atoms with van der Waals surface area (Å²) < 4.78 is 38.1. The molecule has 0 aromatic rings. The number of nitrogens with zero attached hydrogens (tertiary/aromatic N) is 2. The van der Waals surface area contributed by atoms with Crippen LogP contribution in [0.15, 0.2) is 0 Å². The lowest BCUT2D eigenvalue weighted by atomic mass is 9.91.